The summed E-state index contributed by atoms with van der Waals surface area (Å²) in [6.45, 7) is 2.63. The maximum atomic E-state index is 11.7. The number of amides is 1. The maximum Gasteiger partial charge on any atom is 0.231 e. The van der Waals surface area contributed by atoms with Crippen molar-refractivity contribution in [3.8, 4) is 10.7 Å². The van der Waals surface area contributed by atoms with E-state index in [0.717, 1.165) is 28.2 Å². The Hall–Kier alpha value is -2.47. The van der Waals surface area contributed by atoms with Gasteiger partial charge >= 0.3 is 0 Å². The highest BCUT2D eigenvalue weighted by Gasteiger charge is 2.29. The Labute approximate surface area is 150 Å². The van der Waals surface area contributed by atoms with Gasteiger partial charge in [0.2, 0.25) is 17.6 Å². The summed E-state index contributed by atoms with van der Waals surface area (Å²) in [5.41, 5.74) is 2.38. The third-order valence-electron chi connectivity index (χ3n) is 4.21. The van der Waals surface area contributed by atoms with Gasteiger partial charge < -0.3 is 9.84 Å². The Bertz CT molecular complexity index is 878. The number of aryl methyl sites for hydroxylation is 1. The van der Waals surface area contributed by atoms with Crippen LogP contribution in [0.4, 0.5) is 0 Å². The molecule has 0 bridgehead atoms. The molecule has 1 amide bonds. The normalized spacial score (nSPS) is 13.8. The van der Waals surface area contributed by atoms with E-state index < -0.39 is 0 Å². The maximum absolute atomic E-state index is 11.7. The first-order valence-electron chi connectivity index (χ1n) is 8.42. The van der Waals surface area contributed by atoms with Crippen LogP contribution in [-0.2, 0) is 17.8 Å². The lowest BCUT2D eigenvalue weighted by Crippen LogP contribution is -2.23. The minimum Gasteiger partial charge on any atom is -0.351 e. The Kier molecular flexibility index (Phi) is 4.36. The number of nitrogens with zero attached hydrogens (tertiary/aromatic N) is 2. The van der Waals surface area contributed by atoms with Crippen LogP contribution in [0.5, 0.6) is 0 Å². The van der Waals surface area contributed by atoms with Crippen LogP contribution in [-0.4, -0.2) is 16.0 Å². The summed E-state index contributed by atoms with van der Waals surface area (Å²) in [6, 6.07) is 12.3. The van der Waals surface area contributed by atoms with Crippen LogP contribution in [0.25, 0.3) is 10.7 Å². The molecule has 3 aromatic rings. The van der Waals surface area contributed by atoms with Crippen molar-refractivity contribution >= 4 is 17.2 Å². The smallest absolute Gasteiger partial charge is 0.231 e. The van der Waals surface area contributed by atoms with Gasteiger partial charge in [0.05, 0.1) is 17.8 Å². The van der Waals surface area contributed by atoms with Crippen LogP contribution < -0.4 is 5.32 Å². The summed E-state index contributed by atoms with van der Waals surface area (Å²) in [6.07, 6.45) is 2.67. The molecule has 1 N–H and O–H groups in total. The standard InChI is InChI=1S/C19H19N3O2S/c1-12-2-4-13(5-3-12)10-17-21-18(22-24-17)16-9-8-15(25-16)11-20-19(23)14-6-7-14/h2-5,8-9,14H,6-7,10-11H2,1H3,(H,20,23). The molecular formula is C19H19N3O2S. The highest BCUT2D eigenvalue weighted by atomic mass is 32.1. The van der Waals surface area contributed by atoms with E-state index in [1.165, 1.54) is 5.56 Å². The second-order valence-electron chi connectivity index (χ2n) is 6.43. The van der Waals surface area contributed by atoms with E-state index in [4.69, 9.17) is 4.52 Å². The molecule has 0 atom stereocenters. The molecular weight excluding hydrogens is 334 g/mol. The molecule has 2 heterocycles. The minimum atomic E-state index is 0.162. The molecule has 1 saturated carbocycles. The van der Waals surface area contributed by atoms with Crippen LogP contribution in [0.2, 0.25) is 0 Å². The largest absolute Gasteiger partial charge is 0.351 e. The summed E-state index contributed by atoms with van der Waals surface area (Å²) in [5.74, 6) is 1.61. The lowest BCUT2D eigenvalue weighted by Gasteiger charge is -2.00. The van der Waals surface area contributed by atoms with Crippen molar-refractivity contribution in [2.24, 2.45) is 5.92 Å². The molecule has 25 heavy (non-hydrogen) atoms. The number of carbonyl (C=O) groups excluding carboxylic acids is 1. The van der Waals surface area contributed by atoms with Crippen molar-refractivity contribution in [2.75, 3.05) is 0 Å². The SMILES string of the molecule is Cc1ccc(Cc2nc(-c3ccc(CNC(=O)C4CC4)s3)no2)cc1. The molecule has 0 radical (unpaired) electrons. The van der Waals surface area contributed by atoms with Crippen LogP contribution in [0.1, 0.15) is 34.7 Å². The Morgan fingerprint density at radius 3 is 2.80 bits per heavy atom. The van der Waals surface area contributed by atoms with Gasteiger partial charge in [-0.2, -0.15) is 4.98 Å². The summed E-state index contributed by atoms with van der Waals surface area (Å²) in [4.78, 5) is 18.2. The Balaban J connectivity index is 1.39. The van der Waals surface area contributed by atoms with Gasteiger partial charge in [0.15, 0.2) is 0 Å². The quantitative estimate of drug-likeness (QED) is 0.733. The van der Waals surface area contributed by atoms with Gasteiger partial charge in [-0.15, -0.1) is 11.3 Å². The Morgan fingerprint density at radius 1 is 1.24 bits per heavy atom. The molecule has 4 rings (SSSR count). The van der Waals surface area contributed by atoms with Crippen LogP contribution in [0, 0.1) is 12.8 Å². The third-order valence-corrected chi connectivity index (χ3v) is 5.29. The molecule has 1 aliphatic rings. The zero-order chi connectivity index (χ0) is 17.2. The molecule has 6 heteroatoms. The van der Waals surface area contributed by atoms with Gasteiger partial charge in [-0.25, -0.2) is 0 Å². The van der Waals surface area contributed by atoms with Crippen LogP contribution in [0.15, 0.2) is 40.9 Å². The summed E-state index contributed by atoms with van der Waals surface area (Å²) >= 11 is 1.58. The lowest BCUT2D eigenvalue weighted by molar-refractivity contribution is -0.122. The lowest BCUT2D eigenvalue weighted by atomic mass is 10.1. The van der Waals surface area contributed by atoms with Crippen molar-refractivity contribution in [2.45, 2.75) is 32.7 Å². The van der Waals surface area contributed by atoms with Gasteiger partial charge in [0, 0.05) is 10.8 Å². The first-order valence-corrected chi connectivity index (χ1v) is 9.24. The van der Waals surface area contributed by atoms with Crippen LogP contribution in [0.3, 0.4) is 0 Å². The highest BCUT2D eigenvalue weighted by Crippen LogP contribution is 2.30. The van der Waals surface area contributed by atoms with E-state index in [1.54, 1.807) is 11.3 Å². The second-order valence-corrected chi connectivity index (χ2v) is 7.60. The summed E-state index contributed by atoms with van der Waals surface area (Å²) < 4.78 is 5.38. The number of hydrogen-bond donors (Lipinski definition) is 1. The van der Waals surface area contributed by atoms with E-state index in [2.05, 4.69) is 46.6 Å². The molecule has 0 unspecified atom stereocenters. The van der Waals surface area contributed by atoms with Crippen molar-refractivity contribution in [1.29, 1.82) is 0 Å². The number of benzene rings is 1. The third kappa shape index (κ3) is 3.96. The molecule has 2 aromatic heterocycles. The topological polar surface area (TPSA) is 68.0 Å². The van der Waals surface area contributed by atoms with E-state index in [9.17, 15) is 4.79 Å². The summed E-state index contributed by atoms with van der Waals surface area (Å²) in [5, 5.41) is 7.06. The molecule has 1 aliphatic carbocycles. The molecule has 1 aromatic carbocycles. The van der Waals surface area contributed by atoms with E-state index in [1.807, 2.05) is 12.1 Å². The fourth-order valence-electron chi connectivity index (χ4n) is 2.56. The number of rotatable bonds is 6. The van der Waals surface area contributed by atoms with E-state index in [-0.39, 0.29) is 11.8 Å². The minimum absolute atomic E-state index is 0.162. The number of aromatic nitrogens is 2. The fourth-order valence-corrected chi connectivity index (χ4v) is 3.44. The van der Waals surface area contributed by atoms with Gasteiger partial charge in [-0.1, -0.05) is 35.0 Å². The van der Waals surface area contributed by atoms with Gasteiger partial charge in [0.1, 0.15) is 0 Å². The monoisotopic (exact) mass is 353 g/mol. The zero-order valence-electron chi connectivity index (χ0n) is 14.0. The molecule has 1 fully saturated rings. The van der Waals surface area contributed by atoms with E-state index in [0.29, 0.717) is 24.7 Å². The van der Waals surface area contributed by atoms with E-state index >= 15 is 0 Å². The fraction of sp³-hybridized carbons (Fsp3) is 0.316. The Morgan fingerprint density at radius 2 is 2.04 bits per heavy atom. The van der Waals surface area contributed by atoms with Gasteiger partial charge in [-0.3, -0.25) is 4.79 Å². The van der Waals surface area contributed by atoms with Crippen molar-refractivity contribution in [3.63, 3.8) is 0 Å². The molecule has 0 spiro atoms. The van der Waals surface area contributed by atoms with Crippen molar-refractivity contribution in [1.82, 2.24) is 15.5 Å². The van der Waals surface area contributed by atoms with Crippen molar-refractivity contribution < 1.29 is 9.32 Å². The number of nitrogens with one attached hydrogen (secondary N) is 1. The molecule has 5 nitrogen and oxygen atoms in total. The second kappa shape index (κ2) is 6.80. The molecule has 128 valence electrons. The van der Waals surface area contributed by atoms with Crippen molar-refractivity contribution in [3.05, 3.63) is 58.3 Å². The van der Waals surface area contributed by atoms with Gasteiger partial charge in [-0.05, 0) is 37.5 Å². The average molecular weight is 353 g/mol. The first-order chi connectivity index (χ1) is 12.2. The van der Waals surface area contributed by atoms with Gasteiger partial charge in [0.25, 0.3) is 0 Å². The zero-order valence-corrected chi connectivity index (χ0v) is 14.8. The predicted molar refractivity (Wildman–Crippen MR) is 96.2 cm³/mol. The average Bonchev–Trinajstić information content (AvgIpc) is 3.18. The first kappa shape index (κ1) is 16.0. The summed E-state index contributed by atoms with van der Waals surface area (Å²) in [7, 11) is 0. The molecule has 0 aliphatic heterocycles. The van der Waals surface area contributed by atoms with Crippen LogP contribution >= 0.6 is 11.3 Å². The predicted octanol–water partition coefficient (Wildman–Crippen LogP) is 3.72. The number of carbonyl (C=O) groups is 1. The highest BCUT2D eigenvalue weighted by molar-refractivity contribution is 7.15. The number of hydrogen-bond acceptors (Lipinski definition) is 5. The number of thiophene rings is 1. The molecule has 0 saturated heterocycles.